The van der Waals surface area contributed by atoms with Gasteiger partial charge < -0.3 is 5.11 Å². The van der Waals surface area contributed by atoms with Crippen LogP contribution in [0, 0.1) is 0 Å². The lowest BCUT2D eigenvalue weighted by atomic mass is 9.81. The molecule has 0 saturated carbocycles. The van der Waals surface area contributed by atoms with E-state index in [1.165, 1.54) is 25.1 Å². The first-order chi connectivity index (χ1) is 10.9. The SMILES string of the molecule is CC1=C(C(=O)c2ccc(Br)cc2)C(=O)c2c(O)cccc2C1=O. The summed E-state index contributed by atoms with van der Waals surface area (Å²) >= 11 is 3.28. The molecule has 0 atom stereocenters. The smallest absolute Gasteiger partial charge is 0.201 e. The molecule has 5 heteroatoms. The number of benzene rings is 2. The Bertz CT molecular complexity index is 892. The Hall–Kier alpha value is -2.53. The van der Waals surface area contributed by atoms with Crippen LogP contribution in [-0.4, -0.2) is 22.5 Å². The number of halogens is 1. The third kappa shape index (κ3) is 2.43. The van der Waals surface area contributed by atoms with Gasteiger partial charge in [-0.15, -0.1) is 0 Å². The fourth-order valence-corrected chi connectivity index (χ4v) is 2.86. The monoisotopic (exact) mass is 370 g/mol. The predicted molar refractivity (Wildman–Crippen MR) is 87.9 cm³/mol. The second kappa shape index (κ2) is 5.59. The summed E-state index contributed by atoms with van der Waals surface area (Å²) in [7, 11) is 0. The molecule has 2 aromatic carbocycles. The largest absolute Gasteiger partial charge is 0.507 e. The minimum Gasteiger partial charge on any atom is -0.507 e. The molecule has 23 heavy (non-hydrogen) atoms. The highest BCUT2D eigenvalue weighted by atomic mass is 79.9. The number of carbonyl (C=O) groups is 3. The van der Waals surface area contributed by atoms with Crippen LogP contribution in [0.4, 0.5) is 0 Å². The van der Waals surface area contributed by atoms with Crippen molar-refractivity contribution in [1.82, 2.24) is 0 Å². The molecule has 3 rings (SSSR count). The minimum absolute atomic E-state index is 0.0982. The first-order valence-electron chi connectivity index (χ1n) is 6.84. The molecule has 0 spiro atoms. The molecular weight excluding hydrogens is 360 g/mol. The van der Waals surface area contributed by atoms with Gasteiger partial charge >= 0.3 is 0 Å². The van der Waals surface area contributed by atoms with Crippen molar-refractivity contribution in [3.05, 3.63) is 74.8 Å². The van der Waals surface area contributed by atoms with Gasteiger partial charge in [0, 0.05) is 21.2 Å². The molecule has 1 aliphatic rings. The quantitative estimate of drug-likeness (QED) is 0.645. The number of aromatic hydroxyl groups is 1. The van der Waals surface area contributed by atoms with Crippen LogP contribution in [0.15, 0.2) is 58.1 Å². The van der Waals surface area contributed by atoms with E-state index in [4.69, 9.17) is 0 Å². The second-order valence-electron chi connectivity index (χ2n) is 5.19. The van der Waals surface area contributed by atoms with E-state index >= 15 is 0 Å². The molecule has 0 aliphatic heterocycles. The van der Waals surface area contributed by atoms with Crippen LogP contribution in [0.2, 0.25) is 0 Å². The van der Waals surface area contributed by atoms with Gasteiger partial charge in [-0.2, -0.15) is 0 Å². The molecule has 2 aromatic rings. The second-order valence-corrected chi connectivity index (χ2v) is 6.11. The number of Topliss-reactive ketones (excluding diaryl/α,β-unsaturated/α-hetero) is 3. The van der Waals surface area contributed by atoms with Crippen LogP contribution >= 0.6 is 15.9 Å². The summed E-state index contributed by atoms with van der Waals surface area (Å²) < 4.78 is 0.800. The Morgan fingerprint density at radius 1 is 1.00 bits per heavy atom. The zero-order valence-electron chi connectivity index (χ0n) is 12.1. The Labute approximate surface area is 140 Å². The van der Waals surface area contributed by atoms with Gasteiger partial charge in [-0.3, -0.25) is 14.4 Å². The van der Waals surface area contributed by atoms with Crippen molar-refractivity contribution in [2.45, 2.75) is 6.92 Å². The summed E-state index contributed by atoms with van der Waals surface area (Å²) in [6.07, 6.45) is 0. The predicted octanol–water partition coefficient (Wildman–Crippen LogP) is 3.73. The van der Waals surface area contributed by atoms with Gasteiger partial charge in [-0.05, 0) is 37.3 Å². The van der Waals surface area contributed by atoms with Gasteiger partial charge in [0.1, 0.15) is 5.75 Å². The number of phenolic OH excluding ortho intramolecular Hbond substituents is 1. The maximum Gasteiger partial charge on any atom is 0.201 e. The van der Waals surface area contributed by atoms with Crippen molar-refractivity contribution in [3.8, 4) is 5.75 Å². The average Bonchev–Trinajstić information content (AvgIpc) is 2.53. The van der Waals surface area contributed by atoms with Crippen LogP contribution in [0.3, 0.4) is 0 Å². The van der Waals surface area contributed by atoms with E-state index in [0.29, 0.717) is 5.56 Å². The molecule has 0 aromatic heterocycles. The normalized spacial score (nSPS) is 14.0. The highest BCUT2D eigenvalue weighted by Gasteiger charge is 2.35. The topological polar surface area (TPSA) is 71.4 Å². The molecule has 0 amide bonds. The summed E-state index contributed by atoms with van der Waals surface area (Å²) in [6, 6.07) is 10.8. The molecule has 1 N–H and O–H groups in total. The van der Waals surface area contributed by atoms with E-state index in [-0.39, 0.29) is 28.0 Å². The Morgan fingerprint density at radius 2 is 1.65 bits per heavy atom. The lowest BCUT2D eigenvalue weighted by Gasteiger charge is -2.19. The van der Waals surface area contributed by atoms with Crippen LogP contribution in [-0.2, 0) is 0 Å². The van der Waals surface area contributed by atoms with Crippen LogP contribution in [0.25, 0.3) is 0 Å². The number of ketones is 3. The third-order valence-electron chi connectivity index (χ3n) is 3.79. The summed E-state index contributed by atoms with van der Waals surface area (Å²) in [6.45, 7) is 1.46. The summed E-state index contributed by atoms with van der Waals surface area (Å²) in [5, 5.41) is 9.92. The van der Waals surface area contributed by atoms with Crippen LogP contribution < -0.4 is 0 Å². The van der Waals surface area contributed by atoms with E-state index in [1.807, 2.05) is 0 Å². The highest BCUT2D eigenvalue weighted by Crippen LogP contribution is 2.33. The fraction of sp³-hybridized carbons (Fsp3) is 0.0556. The molecule has 0 fully saturated rings. The molecule has 1 aliphatic carbocycles. The number of carbonyl (C=O) groups excluding carboxylic acids is 3. The number of hydrogen-bond acceptors (Lipinski definition) is 4. The van der Waals surface area contributed by atoms with Crippen LogP contribution in [0.1, 0.15) is 38.0 Å². The molecular formula is C18H11BrO4. The molecule has 4 nitrogen and oxygen atoms in total. The van der Waals surface area contributed by atoms with E-state index in [0.717, 1.165) is 4.47 Å². The number of phenols is 1. The van der Waals surface area contributed by atoms with Gasteiger partial charge in [-0.1, -0.05) is 28.1 Å². The van der Waals surface area contributed by atoms with Gasteiger partial charge in [0.05, 0.1) is 11.1 Å². The summed E-state index contributed by atoms with van der Waals surface area (Å²) in [5.74, 6) is -1.87. The zero-order chi connectivity index (χ0) is 16.7. The van der Waals surface area contributed by atoms with E-state index in [9.17, 15) is 19.5 Å². The first-order valence-corrected chi connectivity index (χ1v) is 7.63. The Morgan fingerprint density at radius 3 is 2.30 bits per heavy atom. The van der Waals surface area contributed by atoms with Gasteiger partial charge in [-0.25, -0.2) is 0 Å². The van der Waals surface area contributed by atoms with Crippen molar-refractivity contribution in [3.63, 3.8) is 0 Å². The lowest BCUT2D eigenvalue weighted by molar-refractivity contribution is 0.0926. The first kappa shape index (κ1) is 15.4. The molecule has 0 bridgehead atoms. The van der Waals surface area contributed by atoms with E-state index in [1.54, 1.807) is 24.3 Å². The van der Waals surface area contributed by atoms with Gasteiger partial charge in [0.25, 0.3) is 0 Å². The van der Waals surface area contributed by atoms with Crippen molar-refractivity contribution in [2.75, 3.05) is 0 Å². The van der Waals surface area contributed by atoms with Crippen LogP contribution in [0.5, 0.6) is 5.75 Å². The van der Waals surface area contributed by atoms with Gasteiger partial charge in [0.15, 0.2) is 11.6 Å². The molecule has 0 saturated heterocycles. The molecule has 114 valence electrons. The molecule has 0 radical (unpaired) electrons. The maximum atomic E-state index is 12.7. The maximum absolute atomic E-state index is 12.7. The summed E-state index contributed by atoms with van der Waals surface area (Å²) in [4.78, 5) is 37.8. The van der Waals surface area contributed by atoms with Gasteiger partial charge in [0.2, 0.25) is 5.78 Å². The average molecular weight is 371 g/mol. The van der Waals surface area contributed by atoms with Crippen molar-refractivity contribution in [2.24, 2.45) is 0 Å². The minimum atomic E-state index is -0.622. The van der Waals surface area contributed by atoms with Crippen molar-refractivity contribution < 1.29 is 19.5 Å². The molecule has 0 unspecified atom stereocenters. The number of fused-ring (bicyclic) bond motifs is 1. The third-order valence-corrected chi connectivity index (χ3v) is 4.32. The highest BCUT2D eigenvalue weighted by molar-refractivity contribution is 9.10. The standard InChI is InChI=1S/C18H11BrO4/c1-9-14(17(22)10-5-7-11(19)8-6-10)18(23)15-12(16(9)21)3-2-4-13(15)20/h2-8,20H,1H3. The molecule has 0 heterocycles. The van der Waals surface area contributed by atoms with Crippen molar-refractivity contribution >= 4 is 33.3 Å². The van der Waals surface area contributed by atoms with E-state index < -0.39 is 17.3 Å². The summed E-state index contributed by atoms with van der Waals surface area (Å²) in [5.41, 5.74) is 0.235. The number of rotatable bonds is 2. The van der Waals surface area contributed by atoms with Crippen molar-refractivity contribution in [1.29, 1.82) is 0 Å². The number of hydrogen-bond donors (Lipinski definition) is 1. The fourth-order valence-electron chi connectivity index (χ4n) is 2.60. The zero-order valence-corrected chi connectivity index (χ0v) is 13.7. The number of allylic oxidation sites excluding steroid dienone is 2. The Kier molecular flexibility index (Phi) is 3.74. The van der Waals surface area contributed by atoms with E-state index in [2.05, 4.69) is 15.9 Å². The Balaban J connectivity index is 2.16. The lowest BCUT2D eigenvalue weighted by Crippen LogP contribution is -2.25.